The van der Waals surface area contributed by atoms with Crippen LogP contribution in [0.4, 0.5) is 33.3 Å². The number of phenols is 1. The first kappa shape index (κ1) is 33.7. The maximum atomic E-state index is 15.2. The van der Waals surface area contributed by atoms with Gasteiger partial charge in [0.25, 0.3) is 11.8 Å². The molecule has 3 fully saturated rings. The molecule has 6 atom stereocenters. The number of anilines is 2. The number of carbonyl (C=O) groups excluding carboxylic acids is 4. The first-order chi connectivity index (χ1) is 23.6. The van der Waals surface area contributed by atoms with Gasteiger partial charge in [-0.25, -0.2) is 26.9 Å². The zero-order chi connectivity index (χ0) is 36.2. The molecule has 2 aliphatic heterocycles. The lowest BCUT2D eigenvalue weighted by atomic mass is 9.56. The number of allylic oxidation sites excluding steroid dienone is 2. The van der Waals surface area contributed by atoms with Crippen molar-refractivity contribution < 1.29 is 51.0 Å². The number of rotatable bonds is 5. The van der Waals surface area contributed by atoms with Crippen LogP contribution in [0.25, 0.3) is 6.08 Å². The summed E-state index contributed by atoms with van der Waals surface area (Å²) in [6.45, 7) is 3.68. The largest absolute Gasteiger partial charge is 0.508 e. The summed E-state index contributed by atoms with van der Waals surface area (Å²) in [6, 6.07) is 10.2. The topological polar surface area (TPSA) is 104 Å². The van der Waals surface area contributed by atoms with Gasteiger partial charge in [0.15, 0.2) is 33.0 Å². The van der Waals surface area contributed by atoms with Crippen LogP contribution in [0.2, 0.25) is 0 Å². The van der Waals surface area contributed by atoms with E-state index in [9.17, 15) is 37.5 Å². The fourth-order valence-electron chi connectivity index (χ4n) is 7.82. The lowest BCUT2D eigenvalue weighted by Gasteiger charge is -2.50. The minimum atomic E-state index is -2.78. The van der Waals surface area contributed by atoms with E-state index in [0.717, 1.165) is 4.90 Å². The normalized spacial score (nSPS) is 28.8. The van der Waals surface area contributed by atoms with Gasteiger partial charge in [-0.1, -0.05) is 36.4 Å². The molecule has 0 bridgehead atoms. The molecule has 1 saturated carbocycles. The number of hydrogen-bond acceptors (Lipinski definition) is 6. The zero-order valence-corrected chi connectivity index (χ0v) is 27.2. The molecular formula is C35H23Cl2F5N2O6. The molecule has 2 saturated heterocycles. The fourth-order valence-corrected chi connectivity index (χ4v) is 8.74. The van der Waals surface area contributed by atoms with Crippen LogP contribution in [-0.4, -0.2) is 45.6 Å². The third-order valence-electron chi connectivity index (χ3n) is 10.2. The van der Waals surface area contributed by atoms with Gasteiger partial charge in [0, 0.05) is 11.5 Å². The SMILES string of the molecule is C=Cc1ccc(N2C(=O)[C@H]3[C@H](CC=C4[C@H]3C[C@@]3(Cl)C(=O)N(c5c(F)c(F)c(F)c(F)c5F)C(=O)[C@@]3(Cl)[C@H]4c3cc(OC)ccc3O)C2=O)cc1. The van der Waals surface area contributed by atoms with Gasteiger partial charge < -0.3 is 9.84 Å². The summed E-state index contributed by atoms with van der Waals surface area (Å²) in [7, 11) is 1.29. The number of nitrogens with zero attached hydrogens (tertiary/aromatic N) is 2. The lowest BCUT2D eigenvalue weighted by Crippen LogP contribution is -2.60. The lowest BCUT2D eigenvalue weighted by molar-refractivity contribution is -0.125. The highest BCUT2D eigenvalue weighted by Crippen LogP contribution is 2.67. The molecular weight excluding hydrogens is 710 g/mol. The molecule has 4 amide bonds. The highest BCUT2D eigenvalue weighted by Gasteiger charge is 2.77. The Kier molecular flexibility index (Phi) is 7.68. The number of phenolic OH excluding ortho intramolecular Hbond substituents is 1. The molecule has 2 heterocycles. The number of halogens is 7. The van der Waals surface area contributed by atoms with Gasteiger partial charge >= 0.3 is 0 Å². The van der Waals surface area contributed by atoms with Crippen molar-refractivity contribution in [1.82, 2.24) is 0 Å². The van der Waals surface area contributed by atoms with Crippen LogP contribution in [0.3, 0.4) is 0 Å². The second-order valence-corrected chi connectivity index (χ2v) is 13.7. The molecule has 4 aliphatic rings. The molecule has 0 aromatic heterocycles. The molecule has 0 radical (unpaired) electrons. The van der Waals surface area contributed by atoms with Gasteiger partial charge in [-0.15, -0.1) is 23.2 Å². The molecule has 3 aromatic rings. The molecule has 15 heteroatoms. The van der Waals surface area contributed by atoms with Gasteiger partial charge in [-0.2, -0.15) is 0 Å². The van der Waals surface area contributed by atoms with E-state index in [1.807, 2.05) is 0 Å². The summed E-state index contributed by atoms with van der Waals surface area (Å²) in [5.41, 5.74) is -0.904. The Hall–Kier alpha value is -4.75. The van der Waals surface area contributed by atoms with E-state index >= 15 is 8.78 Å². The molecule has 7 rings (SSSR count). The summed E-state index contributed by atoms with van der Waals surface area (Å²) < 4.78 is 78.6. The smallest absolute Gasteiger partial charge is 0.258 e. The van der Waals surface area contributed by atoms with E-state index in [2.05, 4.69) is 6.58 Å². The summed E-state index contributed by atoms with van der Waals surface area (Å²) in [4.78, 5) is 51.9. The van der Waals surface area contributed by atoms with Gasteiger partial charge in [-0.3, -0.25) is 24.1 Å². The Bertz CT molecular complexity index is 2080. The van der Waals surface area contributed by atoms with Crippen molar-refractivity contribution in [3.8, 4) is 11.5 Å². The van der Waals surface area contributed by atoms with Crippen molar-refractivity contribution in [2.45, 2.75) is 28.5 Å². The van der Waals surface area contributed by atoms with E-state index in [-0.39, 0.29) is 33.9 Å². The summed E-state index contributed by atoms with van der Waals surface area (Å²) in [5, 5.41) is 11.1. The molecule has 1 N–H and O–H groups in total. The molecule has 50 heavy (non-hydrogen) atoms. The van der Waals surface area contributed by atoms with Gasteiger partial charge in [0.2, 0.25) is 17.6 Å². The summed E-state index contributed by atoms with van der Waals surface area (Å²) >= 11 is 14.2. The van der Waals surface area contributed by atoms with Gasteiger partial charge in [-0.05, 0) is 54.7 Å². The number of hydrogen-bond donors (Lipinski definition) is 1. The van der Waals surface area contributed by atoms with Crippen molar-refractivity contribution >= 4 is 64.3 Å². The van der Waals surface area contributed by atoms with Crippen molar-refractivity contribution in [1.29, 1.82) is 0 Å². The number of carbonyl (C=O) groups is 4. The van der Waals surface area contributed by atoms with E-state index in [4.69, 9.17) is 27.9 Å². The molecule has 0 unspecified atom stereocenters. The Morgan fingerprint density at radius 3 is 2.08 bits per heavy atom. The van der Waals surface area contributed by atoms with Gasteiger partial charge in [0.1, 0.15) is 17.2 Å². The van der Waals surface area contributed by atoms with E-state index in [1.165, 1.54) is 31.4 Å². The van der Waals surface area contributed by atoms with Crippen LogP contribution < -0.4 is 14.5 Å². The number of benzene rings is 3. The Labute approximate surface area is 290 Å². The minimum absolute atomic E-state index is 0.0602. The van der Waals surface area contributed by atoms with Crippen molar-refractivity contribution in [3.63, 3.8) is 0 Å². The number of fused-ring (bicyclic) bond motifs is 4. The van der Waals surface area contributed by atoms with Crippen LogP contribution in [0, 0.1) is 46.8 Å². The minimum Gasteiger partial charge on any atom is -0.508 e. The summed E-state index contributed by atoms with van der Waals surface area (Å²) in [5.74, 6) is -22.2. The number of methoxy groups -OCH3 is 1. The maximum Gasteiger partial charge on any atom is 0.258 e. The number of ether oxygens (including phenoxy) is 1. The average molecular weight is 733 g/mol. The van der Waals surface area contributed by atoms with Crippen LogP contribution in [0.5, 0.6) is 11.5 Å². The van der Waals surface area contributed by atoms with Crippen LogP contribution >= 0.6 is 23.2 Å². The first-order valence-corrected chi connectivity index (χ1v) is 15.8. The second-order valence-electron chi connectivity index (χ2n) is 12.4. The fraction of sp³-hybridized carbons (Fsp3) is 0.257. The summed E-state index contributed by atoms with van der Waals surface area (Å²) in [6.07, 6.45) is 2.36. The maximum absolute atomic E-state index is 15.2. The number of alkyl halides is 2. The Morgan fingerprint density at radius 2 is 1.48 bits per heavy atom. The van der Waals surface area contributed by atoms with Crippen molar-refractivity contribution in [3.05, 3.63) is 101 Å². The van der Waals surface area contributed by atoms with Crippen LogP contribution in [0.1, 0.15) is 29.9 Å². The molecule has 2 aliphatic carbocycles. The zero-order valence-electron chi connectivity index (χ0n) is 25.7. The van der Waals surface area contributed by atoms with Crippen LogP contribution in [-0.2, 0) is 19.2 Å². The highest BCUT2D eigenvalue weighted by molar-refractivity contribution is 6.58. The number of aromatic hydroxyl groups is 1. The molecule has 258 valence electrons. The molecule has 0 spiro atoms. The highest BCUT2D eigenvalue weighted by atomic mass is 35.5. The average Bonchev–Trinajstić information content (AvgIpc) is 3.45. The standard InChI is InChI=1S/C35H23Cl2F5N2O6/c1-3-14-4-6-15(7-5-14)43-30(46)18-10-9-17-20(22(18)31(43)47)13-34(36)32(48)44(29-27(41)25(39)24(38)26(40)28(29)42)33(49)35(34,37)23(17)19-12-16(50-2)8-11-21(19)45/h3-9,11-12,18,20,22-23,45H,1,10,13H2,2H3/t18-,20+,22-,23+,34+,35-/m0/s1. The predicted molar refractivity (Wildman–Crippen MR) is 170 cm³/mol. The van der Waals surface area contributed by atoms with Gasteiger partial charge in [0.05, 0.1) is 24.6 Å². The quantitative estimate of drug-likeness (QED) is 0.0802. The van der Waals surface area contributed by atoms with Crippen LogP contribution in [0.15, 0.2) is 60.7 Å². The first-order valence-electron chi connectivity index (χ1n) is 15.1. The van der Waals surface area contributed by atoms with E-state index in [1.54, 1.807) is 30.3 Å². The Morgan fingerprint density at radius 1 is 0.860 bits per heavy atom. The van der Waals surface area contributed by atoms with Crippen molar-refractivity contribution in [2.24, 2.45) is 17.8 Å². The predicted octanol–water partition coefficient (Wildman–Crippen LogP) is 6.51. The number of amides is 4. The Balaban J connectivity index is 1.44. The molecule has 3 aromatic carbocycles. The third kappa shape index (κ3) is 4.22. The second kappa shape index (κ2) is 11.4. The van der Waals surface area contributed by atoms with Crippen molar-refractivity contribution in [2.75, 3.05) is 16.9 Å². The monoisotopic (exact) mass is 732 g/mol. The van der Waals surface area contributed by atoms with E-state index in [0.29, 0.717) is 5.56 Å². The van der Waals surface area contributed by atoms with E-state index < -0.39 is 104 Å². The molecule has 8 nitrogen and oxygen atoms in total. The number of imide groups is 2. The third-order valence-corrected chi connectivity index (χ3v) is 11.6.